The second-order valence-electron chi connectivity index (χ2n) is 5.34. The molecule has 0 aliphatic rings. The number of halogens is 2. The van der Waals surface area contributed by atoms with Crippen LogP contribution in [0.3, 0.4) is 0 Å². The first-order valence-electron chi connectivity index (χ1n) is 7.29. The third-order valence-corrected chi connectivity index (χ3v) is 4.55. The van der Waals surface area contributed by atoms with Crippen LogP contribution < -0.4 is 5.32 Å². The zero-order valence-corrected chi connectivity index (χ0v) is 14.3. The van der Waals surface area contributed by atoms with Gasteiger partial charge in [0.05, 0.1) is 6.04 Å². The molecule has 0 radical (unpaired) electrons. The Morgan fingerprint density at radius 3 is 2.62 bits per heavy atom. The van der Waals surface area contributed by atoms with Crippen molar-refractivity contribution in [2.45, 2.75) is 33.2 Å². The van der Waals surface area contributed by atoms with Gasteiger partial charge in [0.2, 0.25) is 0 Å². The lowest BCUT2D eigenvalue weighted by atomic mass is 9.92. The Balaban J connectivity index is 2.52. The van der Waals surface area contributed by atoms with Crippen LogP contribution in [0.1, 0.15) is 41.6 Å². The molecular formula is C18H21BrFN. The van der Waals surface area contributed by atoms with Gasteiger partial charge in [-0.1, -0.05) is 41.1 Å². The van der Waals surface area contributed by atoms with Crippen molar-refractivity contribution >= 4 is 15.9 Å². The van der Waals surface area contributed by atoms with Crippen molar-refractivity contribution in [3.63, 3.8) is 0 Å². The largest absolute Gasteiger partial charge is 0.306 e. The van der Waals surface area contributed by atoms with E-state index in [1.807, 2.05) is 0 Å². The maximum absolute atomic E-state index is 13.7. The average molecular weight is 350 g/mol. The predicted molar refractivity (Wildman–Crippen MR) is 90.2 cm³/mol. The van der Waals surface area contributed by atoms with E-state index in [9.17, 15) is 4.39 Å². The molecule has 2 aromatic rings. The maximum Gasteiger partial charge on any atom is 0.123 e. The first-order valence-corrected chi connectivity index (χ1v) is 8.08. The zero-order chi connectivity index (χ0) is 15.4. The number of nitrogens with one attached hydrogen (secondary N) is 1. The number of benzene rings is 2. The van der Waals surface area contributed by atoms with E-state index in [1.165, 1.54) is 22.8 Å². The molecule has 112 valence electrons. The van der Waals surface area contributed by atoms with Crippen molar-refractivity contribution in [3.8, 4) is 0 Å². The summed E-state index contributed by atoms with van der Waals surface area (Å²) in [6, 6.07) is 11.1. The van der Waals surface area contributed by atoms with E-state index in [0.717, 1.165) is 23.0 Å². The van der Waals surface area contributed by atoms with Crippen molar-refractivity contribution in [1.29, 1.82) is 0 Å². The molecule has 0 heterocycles. The van der Waals surface area contributed by atoms with Crippen LogP contribution in [0.15, 0.2) is 40.9 Å². The Kier molecular flexibility index (Phi) is 5.54. The van der Waals surface area contributed by atoms with E-state index in [0.29, 0.717) is 0 Å². The lowest BCUT2D eigenvalue weighted by Gasteiger charge is -2.23. The summed E-state index contributed by atoms with van der Waals surface area (Å²) in [7, 11) is 0. The summed E-state index contributed by atoms with van der Waals surface area (Å²) in [5.41, 5.74) is 4.65. The molecule has 0 saturated carbocycles. The van der Waals surface area contributed by atoms with Crippen LogP contribution in [-0.4, -0.2) is 6.54 Å². The van der Waals surface area contributed by atoms with Crippen molar-refractivity contribution in [3.05, 3.63) is 68.9 Å². The summed E-state index contributed by atoms with van der Waals surface area (Å²) < 4.78 is 14.6. The van der Waals surface area contributed by atoms with Crippen molar-refractivity contribution in [1.82, 2.24) is 5.32 Å². The summed E-state index contributed by atoms with van der Waals surface area (Å²) >= 11 is 3.56. The normalized spacial score (nSPS) is 12.4. The molecular weight excluding hydrogens is 329 g/mol. The molecule has 3 heteroatoms. The van der Waals surface area contributed by atoms with E-state index >= 15 is 0 Å². The minimum atomic E-state index is -0.207. The molecule has 2 aromatic carbocycles. The molecule has 0 fully saturated rings. The van der Waals surface area contributed by atoms with Gasteiger partial charge < -0.3 is 5.32 Å². The van der Waals surface area contributed by atoms with Crippen LogP contribution in [-0.2, 0) is 0 Å². The fraction of sp³-hybridized carbons (Fsp3) is 0.333. The van der Waals surface area contributed by atoms with Gasteiger partial charge in [0, 0.05) is 4.47 Å². The predicted octanol–water partition coefficient (Wildman–Crippen LogP) is 5.29. The Labute approximate surface area is 134 Å². The van der Waals surface area contributed by atoms with Crippen LogP contribution in [0.5, 0.6) is 0 Å². The lowest BCUT2D eigenvalue weighted by molar-refractivity contribution is 0.581. The second-order valence-corrected chi connectivity index (χ2v) is 6.20. The Morgan fingerprint density at radius 2 is 1.90 bits per heavy atom. The van der Waals surface area contributed by atoms with Crippen LogP contribution >= 0.6 is 15.9 Å². The zero-order valence-electron chi connectivity index (χ0n) is 12.7. The molecule has 0 bridgehead atoms. The fourth-order valence-corrected chi connectivity index (χ4v) is 2.97. The summed E-state index contributed by atoms with van der Waals surface area (Å²) in [6.07, 6.45) is 1.04. The average Bonchev–Trinajstić information content (AvgIpc) is 2.47. The van der Waals surface area contributed by atoms with Gasteiger partial charge in [0.25, 0.3) is 0 Å². The van der Waals surface area contributed by atoms with E-state index in [-0.39, 0.29) is 11.9 Å². The Bertz CT molecular complexity index is 623. The monoisotopic (exact) mass is 349 g/mol. The minimum absolute atomic E-state index is 0.00470. The SMILES string of the molecule is CCCNC(c1cc(F)ccc1Br)c1cccc(C)c1C. The van der Waals surface area contributed by atoms with E-state index < -0.39 is 0 Å². The van der Waals surface area contributed by atoms with Gasteiger partial charge in [-0.3, -0.25) is 0 Å². The van der Waals surface area contributed by atoms with Gasteiger partial charge in [0.1, 0.15) is 5.82 Å². The van der Waals surface area contributed by atoms with Crippen molar-refractivity contribution in [2.75, 3.05) is 6.54 Å². The molecule has 1 unspecified atom stereocenters. The smallest absolute Gasteiger partial charge is 0.123 e. The van der Waals surface area contributed by atoms with Crippen molar-refractivity contribution in [2.24, 2.45) is 0 Å². The summed E-state index contributed by atoms with van der Waals surface area (Å²) in [4.78, 5) is 0. The summed E-state index contributed by atoms with van der Waals surface area (Å²) in [6.45, 7) is 7.25. The molecule has 2 rings (SSSR count). The molecule has 0 aliphatic heterocycles. The highest BCUT2D eigenvalue weighted by Crippen LogP contribution is 2.31. The highest BCUT2D eigenvalue weighted by atomic mass is 79.9. The van der Waals surface area contributed by atoms with Crippen LogP contribution in [0.25, 0.3) is 0 Å². The van der Waals surface area contributed by atoms with E-state index in [4.69, 9.17) is 0 Å². The first-order chi connectivity index (χ1) is 10.0. The van der Waals surface area contributed by atoms with Gasteiger partial charge in [-0.2, -0.15) is 0 Å². The number of rotatable bonds is 5. The second kappa shape index (κ2) is 7.19. The summed E-state index contributed by atoms with van der Waals surface area (Å²) in [5, 5.41) is 3.54. The quantitative estimate of drug-likeness (QED) is 0.772. The van der Waals surface area contributed by atoms with Gasteiger partial charge in [-0.05, 0) is 67.3 Å². The molecule has 0 aromatic heterocycles. The Morgan fingerprint density at radius 1 is 1.14 bits per heavy atom. The number of aryl methyl sites for hydroxylation is 1. The summed E-state index contributed by atoms with van der Waals surface area (Å²) in [5.74, 6) is -0.207. The van der Waals surface area contributed by atoms with Crippen LogP contribution in [0, 0.1) is 19.7 Å². The molecule has 0 aliphatic carbocycles. The molecule has 21 heavy (non-hydrogen) atoms. The molecule has 0 amide bonds. The van der Waals surface area contributed by atoms with Crippen molar-refractivity contribution < 1.29 is 4.39 Å². The molecule has 0 saturated heterocycles. The molecule has 1 nitrogen and oxygen atoms in total. The van der Waals surface area contributed by atoms with Crippen LogP contribution in [0.2, 0.25) is 0 Å². The van der Waals surface area contributed by atoms with Gasteiger partial charge in [-0.15, -0.1) is 0 Å². The van der Waals surface area contributed by atoms with Gasteiger partial charge in [0.15, 0.2) is 0 Å². The highest BCUT2D eigenvalue weighted by Gasteiger charge is 2.19. The molecule has 1 atom stereocenters. The topological polar surface area (TPSA) is 12.0 Å². The lowest BCUT2D eigenvalue weighted by Crippen LogP contribution is -2.24. The minimum Gasteiger partial charge on any atom is -0.306 e. The van der Waals surface area contributed by atoms with Gasteiger partial charge in [-0.25, -0.2) is 4.39 Å². The van der Waals surface area contributed by atoms with Crippen LogP contribution in [0.4, 0.5) is 4.39 Å². The standard InChI is InChI=1S/C18H21BrFN/c1-4-10-21-18(15-7-5-6-12(2)13(15)3)16-11-14(20)8-9-17(16)19/h5-9,11,18,21H,4,10H2,1-3H3. The van der Waals surface area contributed by atoms with Gasteiger partial charge >= 0.3 is 0 Å². The number of hydrogen-bond acceptors (Lipinski definition) is 1. The third-order valence-electron chi connectivity index (χ3n) is 3.83. The Hall–Kier alpha value is -1.19. The van der Waals surface area contributed by atoms with E-state index in [2.05, 4.69) is 60.2 Å². The first kappa shape index (κ1) is 16.2. The van der Waals surface area contributed by atoms with E-state index in [1.54, 1.807) is 12.1 Å². The molecule has 0 spiro atoms. The maximum atomic E-state index is 13.7. The highest BCUT2D eigenvalue weighted by molar-refractivity contribution is 9.10. The fourth-order valence-electron chi connectivity index (χ4n) is 2.50. The molecule has 1 N–H and O–H groups in total. The third kappa shape index (κ3) is 3.72. The number of hydrogen-bond donors (Lipinski definition) is 1.